The van der Waals surface area contributed by atoms with Crippen LogP contribution in [0.4, 0.5) is 0 Å². The molecular weight excluding hydrogens is 190 g/mol. The summed E-state index contributed by atoms with van der Waals surface area (Å²) in [6.07, 6.45) is 5.26. The van der Waals surface area contributed by atoms with Crippen molar-refractivity contribution in [2.75, 3.05) is 0 Å². The molecule has 0 spiro atoms. The van der Waals surface area contributed by atoms with Crippen molar-refractivity contribution in [2.45, 2.75) is 26.3 Å². The number of imide groups is 1. The van der Waals surface area contributed by atoms with Gasteiger partial charge in [-0.3, -0.25) is 14.5 Å². The predicted molar refractivity (Wildman–Crippen MR) is 54.7 cm³/mol. The van der Waals surface area contributed by atoms with Crippen LogP contribution in [0.1, 0.15) is 20.3 Å². The molecule has 1 saturated heterocycles. The van der Waals surface area contributed by atoms with E-state index in [-0.39, 0.29) is 29.7 Å². The second kappa shape index (κ2) is 2.71. The van der Waals surface area contributed by atoms with Gasteiger partial charge in [0.2, 0.25) is 11.8 Å². The SMILES string of the molecule is CC(C)N1C(=O)[C@H]2[C@H](C1=O)[C@H]1C=C[C@H]2C1. The Morgan fingerprint density at radius 2 is 1.60 bits per heavy atom. The number of nitrogens with zero attached hydrogens (tertiary/aromatic N) is 1. The van der Waals surface area contributed by atoms with Crippen LogP contribution in [0.25, 0.3) is 0 Å². The molecule has 3 rings (SSSR count). The predicted octanol–water partition coefficient (Wildman–Crippen LogP) is 1.20. The van der Waals surface area contributed by atoms with E-state index in [4.69, 9.17) is 0 Å². The van der Waals surface area contributed by atoms with E-state index < -0.39 is 0 Å². The Bertz CT molecular complexity index is 342. The molecule has 80 valence electrons. The average molecular weight is 205 g/mol. The molecule has 0 radical (unpaired) electrons. The highest BCUT2D eigenvalue weighted by Gasteiger charge is 2.59. The summed E-state index contributed by atoms with van der Waals surface area (Å²) in [6, 6.07) is 0.00926. The minimum absolute atomic E-state index is 0.00926. The van der Waals surface area contributed by atoms with Crippen molar-refractivity contribution in [1.82, 2.24) is 4.90 Å². The first kappa shape index (κ1) is 9.13. The fraction of sp³-hybridized carbons (Fsp3) is 0.667. The highest BCUT2D eigenvalue weighted by molar-refractivity contribution is 6.06. The summed E-state index contributed by atoms with van der Waals surface area (Å²) >= 11 is 0. The molecule has 2 amide bonds. The van der Waals surface area contributed by atoms with Crippen LogP contribution in [0.2, 0.25) is 0 Å². The van der Waals surface area contributed by atoms with Crippen LogP contribution >= 0.6 is 0 Å². The Balaban J connectivity index is 2.00. The number of hydrogen-bond donors (Lipinski definition) is 0. The first-order valence-corrected chi connectivity index (χ1v) is 5.66. The highest BCUT2D eigenvalue weighted by atomic mass is 16.2. The van der Waals surface area contributed by atoms with Crippen molar-refractivity contribution < 1.29 is 9.59 Å². The molecule has 1 heterocycles. The van der Waals surface area contributed by atoms with E-state index in [1.165, 1.54) is 4.90 Å². The molecule has 0 unspecified atom stereocenters. The first-order valence-electron chi connectivity index (χ1n) is 5.66. The molecule has 15 heavy (non-hydrogen) atoms. The minimum Gasteiger partial charge on any atom is -0.280 e. The number of rotatable bonds is 1. The third-order valence-corrected chi connectivity index (χ3v) is 4.02. The molecule has 2 aliphatic carbocycles. The number of hydrogen-bond acceptors (Lipinski definition) is 2. The Kier molecular flexibility index (Phi) is 1.65. The van der Waals surface area contributed by atoms with Gasteiger partial charge in [0.15, 0.2) is 0 Å². The Labute approximate surface area is 89.1 Å². The number of fused-ring (bicyclic) bond motifs is 5. The summed E-state index contributed by atoms with van der Waals surface area (Å²) in [5.74, 6) is 0.735. The number of likely N-dealkylation sites (tertiary alicyclic amines) is 1. The summed E-state index contributed by atoms with van der Waals surface area (Å²) in [7, 11) is 0. The van der Waals surface area contributed by atoms with Crippen LogP contribution in [0.15, 0.2) is 12.2 Å². The molecule has 2 bridgehead atoms. The van der Waals surface area contributed by atoms with Gasteiger partial charge in [0.1, 0.15) is 0 Å². The zero-order valence-corrected chi connectivity index (χ0v) is 9.01. The standard InChI is InChI=1S/C12H15NO2/c1-6(2)13-11(14)9-7-3-4-8(5-7)10(9)12(13)15/h3-4,6-10H,5H2,1-2H3/t7-,8-,9+,10+/m0/s1. The second-order valence-corrected chi connectivity index (χ2v) is 5.14. The van der Waals surface area contributed by atoms with Gasteiger partial charge in [-0.2, -0.15) is 0 Å². The number of carbonyl (C=O) groups is 2. The van der Waals surface area contributed by atoms with Crippen molar-refractivity contribution in [1.29, 1.82) is 0 Å². The molecule has 4 atom stereocenters. The Morgan fingerprint density at radius 3 is 2.00 bits per heavy atom. The summed E-state index contributed by atoms with van der Waals surface area (Å²) in [4.78, 5) is 25.7. The van der Waals surface area contributed by atoms with Crippen molar-refractivity contribution in [2.24, 2.45) is 23.7 Å². The van der Waals surface area contributed by atoms with E-state index in [9.17, 15) is 9.59 Å². The average Bonchev–Trinajstić information content (AvgIpc) is 2.79. The number of carbonyl (C=O) groups excluding carboxylic acids is 2. The van der Waals surface area contributed by atoms with Gasteiger partial charge in [-0.15, -0.1) is 0 Å². The quantitative estimate of drug-likeness (QED) is 0.476. The molecule has 0 N–H and O–H groups in total. The third-order valence-electron chi connectivity index (χ3n) is 4.02. The fourth-order valence-electron chi connectivity index (χ4n) is 3.43. The first-order chi connectivity index (χ1) is 7.11. The van der Waals surface area contributed by atoms with E-state index in [2.05, 4.69) is 12.2 Å². The van der Waals surface area contributed by atoms with Gasteiger partial charge in [-0.25, -0.2) is 0 Å². The molecule has 1 saturated carbocycles. The lowest BCUT2D eigenvalue weighted by molar-refractivity contribution is -0.142. The van der Waals surface area contributed by atoms with Gasteiger partial charge in [-0.05, 0) is 32.1 Å². The Hall–Kier alpha value is -1.12. The summed E-state index contributed by atoms with van der Waals surface area (Å²) in [6.45, 7) is 3.82. The summed E-state index contributed by atoms with van der Waals surface area (Å²) in [5, 5.41) is 0. The third kappa shape index (κ3) is 0.959. The lowest BCUT2D eigenvalue weighted by atomic mass is 9.85. The van der Waals surface area contributed by atoms with Crippen LogP contribution in [0.5, 0.6) is 0 Å². The van der Waals surface area contributed by atoms with Gasteiger partial charge in [-0.1, -0.05) is 12.2 Å². The van der Waals surface area contributed by atoms with E-state index in [0.29, 0.717) is 11.8 Å². The van der Waals surface area contributed by atoms with E-state index in [1.807, 2.05) is 13.8 Å². The normalized spacial score (nSPS) is 42.2. The van der Waals surface area contributed by atoms with Gasteiger partial charge >= 0.3 is 0 Å². The van der Waals surface area contributed by atoms with E-state index in [0.717, 1.165) is 6.42 Å². The van der Waals surface area contributed by atoms with E-state index in [1.54, 1.807) is 0 Å². The zero-order valence-electron chi connectivity index (χ0n) is 9.01. The van der Waals surface area contributed by atoms with Gasteiger partial charge in [0.25, 0.3) is 0 Å². The topological polar surface area (TPSA) is 37.4 Å². The van der Waals surface area contributed by atoms with Gasteiger partial charge in [0, 0.05) is 6.04 Å². The molecular formula is C12H15NO2. The molecule has 3 heteroatoms. The van der Waals surface area contributed by atoms with Crippen molar-refractivity contribution >= 4 is 11.8 Å². The molecule has 0 aromatic rings. The number of amides is 2. The van der Waals surface area contributed by atoms with Crippen LogP contribution in [0, 0.1) is 23.7 Å². The van der Waals surface area contributed by atoms with Crippen LogP contribution in [-0.2, 0) is 9.59 Å². The van der Waals surface area contributed by atoms with Crippen LogP contribution in [-0.4, -0.2) is 22.8 Å². The maximum atomic E-state index is 12.1. The monoisotopic (exact) mass is 205 g/mol. The maximum Gasteiger partial charge on any atom is 0.233 e. The molecule has 0 aromatic heterocycles. The fourth-order valence-corrected chi connectivity index (χ4v) is 3.43. The molecule has 3 aliphatic rings. The summed E-state index contributed by atoms with van der Waals surface area (Å²) in [5.41, 5.74) is 0. The molecule has 0 aromatic carbocycles. The molecule has 3 nitrogen and oxygen atoms in total. The number of allylic oxidation sites excluding steroid dienone is 2. The summed E-state index contributed by atoms with van der Waals surface area (Å²) < 4.78 is 0. The van der Waals surface area contributed by atoms with Crippen molar-refractivity contribution in [3.05, 3.63) is 12.2 Å². The molecule has 1 aliphatic heterocycles. The van der Waals surface area contributed by atoms with Crippen molar-refractivity contribution in [3.8, 4) is 0 Å². The lowest BCUT2D eigenvalue weighted by Crippen LogP contribution is -2.38. The van der Waals surface area contributed by atoms with E-state index >= 15 is 0 Å². The van der Waals surface area contributed by atoms with Crippen LogP contribution in [0.3, 0.4) is 0 Å². The molecule has 2 fully saturated rings. The van der Waals surface area contributed by atoms with Crippen molar-refractivity contribution in [3.63, 3.8) is 0 Å². The Morgan fingerprint density at radius 1 is 1.13 bits per heavy atom. The smallest absolute Gasteiger partial charge is 0.233 e. The second-order valence-electron chi connectivity index (χ2n) is 5.14. The maximum absolute atomic E-state index is 12.1. The minimum atomic E-state index is -0.0325. The van der Waals surface area contributed by atoms with Crippen LogP contribution < -0.4 is 0 Å². The van der Waals surface area contributed by atoms with Gasteiger partial charge < -0.3 is 0 Å². The lowest BCUT2D eigenvalue weighted by Gasteiger charge is -2.20. The zero-order chi connectivity index (χ0) is 10.7. The highest BCUT2D eigenvalue weighted by Crippen LogP contribution is 2.52. The largest absolute Gasteiger partial charge is 0.280 e. The van der Waals surface area contributed by atoms with Gasteiger partial charge in [0.05, 0.1) is 11.8 Å².